The van der Waals surface area contributed by atoms with Crippen LogP contribution >= 0.6 is 0 Å². The van der Waals surface area contributed by atoms with Crippen LogP contribution in [0.1, 0.15) is 27.0 Å². The summed E-state index contributed by atoms with van der Waals surface area (Å²) in [7, 11) is 0. The molecule has 0 saturated carbocycles. The van der Waals surface area contributed by atoms with Crippen molar-refractivity contribution in [2.45, 2.75) is 17.8 Å². The highest BCUT2D eigenvalue weighted by Crippen LogP contribution is 2.52. The molecule has 2 fully saturated rings. The van der Waals surface area contributed by atoms with Crippen molar-refractivity contribution in [3.05, 3.63) is 119 Å². The minimum atomic E-state index is -1.18. The molecule has 3 atom stereocenters. The van der Waals surface area contributed by atoms with Crippen LogP contribution in [0, 0.1) is 0 Å². The lowest BCUT2D eigenvalue weighted by molar-refractivity contribution is 0.0260. The molecule has 2 unspecified atom stereocenters. The first kappa shape index (κ1) is 23.5. The number of fused-ring (bicyclic) bond motifs is 3. The first-order valence-corrected chi connectivity index (χ1v) is 13.6. The Morgan fingerprint density at radius 1 is 0.600 bits per heavy atom. The Labute approximate surface area is 231 Å². The normalized spacial score (nSPS) is 22.6. The van der Waals surface area contributed by atoms with Crippen molar-refractivity contribution in [2.24, 2.45) is 0 Å². The van der Waals surface area contributed by atoms with Crippen molar-refractivity contribution in [3.63, 3.8) is 0 Å². The van der Waals surface area contributed by atoms with E-state index in [1.165, 1.54) is 0 Å². The summed E-state index contributed by atoms with van der Waals surface area (Å²) < 4.78 is 29.6. The third kappa shape index (κ3) is 3.75. The highest BCUT2D eigenvalue weighted by atomic mass is 16.6. The molecule has 0 aromatic heterocycles. The topological polar surface area (TPSA) is 69.8 Å². The number of hydrogen-bond donors (Lipinski definition) is 0. The zero-order chi connectivity index (χ0) is 26.7. The molecule has 2 saturated heterocycles. The van der Waals surface area contributed by atoms with Crippen LogP contribution in [0.3, 0.4) is 0 Å². The summed E-state index contributed by atoms with van der Waals surface area (Å²) in [6, 6.07) is 31.9. The Bertz CT molecular complexity index is 1690. The SMILES string of the molecule is O=C1OC(c2ccc(OCC3CO3)c3ccccc23)(c2ccc(OC[C@H]3CO3)c3ccccc23)c2ccccc21. The third-order valence-corrected chi connectivity index (χ3v) is 7.95. The number of carbonyl (C=O) groups is 1. The van der Waals surface area contributed by atoms with Gasteiger partial charge in [0.15, 0.2) is 5.60 Å². The molecule has 0 N–H and O–H groups in total. The maximum atomic E-state index is 13.5. The van der Waals surface area contributed by atoms with E-state index in [1.807, 2.05) is 84.9 Å². The molecule has 0 aliphatic carbocycles. The quantitative estimate of drug-likeness (QED) is 0.181. The van der Waals surface area contributed by atoms with E-state index in [-0.39, 0.29) is 18.2 Å². The Morgan fingerprint density at radius 2 is 1.07 bits per heavy atom. The van der Waals surface area contributed by atoms with Gasteiger partial charge < -0.3 is 23.7 Å². The molecule has 3 aliphatic heterocycles. The molecule has 0 spiro atoms. The van der Waals surface area contributed by atoms with Crippen molar-refractivity contribution >= 4 is 27.5 Å². The fraction of sp³-hybridized carbons (Fsp3) is 0.206. The summed E-state index contributed by atoms with van der Waals surface area (Å²) in [5.41, 5.74) is 1.95. The Balaban J connectivity index is 1.38. The Kier molecular flexibility index (Phi) is 5.33. The Hall–Kier alpha value is -4.39. The first-order valence-electron chi connectivity index (χ1n) is 13.6. The molecule has 5 aromatic carbocycles. The van der Waals surface area contributed by atoms with Crippen molar-refractivity contribution < 1.29 is 28.5 Å². The molecule has 0 amide bonds. The minimum Gasteiger partial charge on any atom is -0.490 e. The second-order valence-electron chi connectivity index (χ2n) is 10.5. The van der Waals surface area contributed by atoms with E-state index < -0.39 is 5.60 Å². The highest BCUT2D eigenvalue weighted by molar-refractivity contribution is 6.02. The number of epoxide rings is 2. The molecule has 6 nitrogen and oxygen atoms in total. The number of ether oxygens (including phenoxy) is 5. The van der Waals surface area contributed by atoms with Gasteiger partial charge in [-0.15, -0.1) is 0 Å². The van der Waals surface area contributed by atoms with Gasteiger partial charge in [-0.05, 0) is 41.1 Å². The predicted molar refractivity (Wildman–Crippen MR) is 150 cm³/mol. The fourth-order valence-corrected chi connectivity index (χ4v) is 5.86. The number of rotatable bonds is 8. The largest absolute Gasteiger partial charge is 0.490 e. The van der Waals surface area contributed by atoms with Crippen LogP contribution in [0.5, 0.6) is 11.5 Å². The maximum absolute atomic E-state index is 13.5. The van der Waals surface area contributed by atoms with Crippen molar-refractivity contribution in [1.29, 1.82) is 0 Å². The van der Waals surface area contributed by atoms with E-state index in [0.717, 1.165) is 62.9 Å². The van der Waals surface area contributed by atoms with Crippen LogP contribution < -0.4 is 9.47 Å². The van der Waals surface area contributed by atoms with Gasteiger partial charge in [-0.3, -0.25) is 0 Å². The molecule has 8 rings (SSSR count). The molecular weight excluding hydrogens is 504 g/mol. The van der Waals surface area contributed by atoms with Gasteiger partial charge >= 0.3 is 5.97 Å². The van der Waals surface area contributed by atoms with Gasteiger partial charge in [-0.1, -0.05) is 66.7 Å². The summed E-state index contributed by atoms with van der Waals surface area (Å²) in [6.45, 7) is 2.47. The zero-order valence-electron chi connectivity index (χ0n) is 21.7. The third-order valence-electron chi connectivity index (χ3n) is 7.95. The lowest BCUT2D eigenvalue weighted by Crippen LogP contribution is -2.30. The van der Waals surface area contributed by atoms with Crippen LogP contribution in [0.4, 0.5) is 0 Å². The van der Waals surface area contributed by atoms with E-state index in [1.54, 1.807) is 0 Å². The zero-order valence-corrected chi connectivity index (χ0v) is 21.7. The van der Waals surface area contributed by atoms with Crippen molar-refractivity contribution in [3.8, 4) is 11.5 Å². The van der Waals surface area contributed by atoms with E-state index in [9.17, 15) is 4.79 Å². The van der Waals surface area contributed by atoms with Gasteiger partial charge in [-0.2, -0.15) is 0 Å². The van der Waals surface area contributed by atoms with Gasteiger partial charge in [0.2, 0.25) is 0 Å². The van der Waals surface area contributed by atoms with Gasteiger partial charge in [0.1, 0.15) is 36.9 Å². The van der Waals surface area contributed by atoms with E-state index >= 15 is 0 Å². The van der Waals surface area contributed by atoms with Crippen LogP contribution in [-0.2, 0) is 19.8 Å². The molecule has 0 bridgehead atoms. The number of esters is 1. The molecule has 6 heteroatoms. The van der Waals surface area contributed by atoms with Crippen LogP contribution in [0.2, 0.25) is 0 Å². The number of cyclic esters (lactones) is 1. The second-order valence-corrected chi connectivity index (χ2v) is 10.5. The average molecular weight is 531 g/mol. The van der Waals surface area contributed by atoms with Crippen LogP contribution in [-0.4, -0.2) is 44.6 Å². The van der Waals surface area contributed by atoms with Crippen molar-refractivity contribution in [2.75, 3.05) is 26.4 Å². The first-order chi connectivity index (χ1) is 19.7. The van der Waals surface area contributed by atoms with Gasteiger partial charge in [0, 0.05) is 27.5 Å². The number of carbonyl (C=O) groups excluding carboxylic acids is 1. The smallest absolute Gasteiger partial charge is 0.340 e. The van der Waals surface area contributed by atoms with Crippen molar-refractivity contribution in [1.82, 2.24) is 0 Å². The fourth-order valence-electron chi connectivity index (χ4n) is 5.86. The Morgan fingerprint density at radius 3 is 1.60 bits per heavy atom. The van der Waals surface area contributed by atoms with Gasteiger partial charge in [0.05, 0.1) is 18.8 Å². The molecule has 0 radical (unpaired) electrons. The average Bonchev–Trinajstić information content (AvgIpc) is 3.94. The van der Waals surface area contributed by atoms with Gasteiger partial charge in [0.25, 0.3) is 0 Å². The molecule has 5 aromatic rings. The summed E-state index contributed by atoms with van der Waals surface area (Å²) >= 11 is 0. The number of benzene rings is 5. The van der Waals surface area contributed by atoms with E-state index in [4.69, 9.17) is 23.7 Å². The van der Waals surface area contributed by atoms with Crippen LogP contribution in [0.25, 0.3) is 21.5 Å². The molecule has 198 valence electrons. The lowest BCUT2D eigenvalue weighted by Gasteiger charge is -2.33. The van der Waals surface area contributed by atoms with E-state index in [2.05, 4.69) is 12.1 Å². The van der Waals surface area contributed by atoms with Gasteiger partial charge in [-0.25, -0.2) is 4.79 Å². The summed E-state index contributed by atoms with van der Waals surface area (Å²) in [6.07, 6.45) is 0.289. The molecule has 40 heavy (non-hydrogen) atoms. The molecular formula is C34H26O6. The summed E-state index contributed by atoms with van der Waals surface area (Å²) in [5, 5.41) is 3.82. The summed E-state index contributed by atoms with van der Waals surface area (Å²) in [4.78, 5) is 13.5. The highest BCUT2D eigenvalue weighted by Gasteiger charge is 2.50. The maximum Gasteiger partial charge on any atom is 0.340 e. The number of hydrogen-bond acceptors (Lipinski definition) is 6. The standard InChI is InChI=1S/C34H26O6/c35-33-27-11-5-6-12-28(27)34(40-33,29-13-15-31(38-19-21-17-36-21)25-9-3-1-7-23(25)29)30-14-16-32(39-20-22-18-37-22)26-10-4-2-8-24(26)30/h1-16,21-22H,17-20H2/t21-,22?,34?/m1/s1. The monoisotopic (exact) mass is 530 g/mol. The summed E-state index contributed by atoms with van der Waals surface area (Å²) in [5.74, 6) is 1.21. The minimum absolute atomic E-state index is 0.144. The van der Waals surface area contributed by atoms with Crippen LogP contribution in [0.15, 0.2) is 97.1 Å². The second kappa shape index (κ2) is 9.08. The predicted octanol–water partition coefficient (Wildman–Crippen LogP) is 6.01. The van der Waals surface area contributed by atoms with E-state index in [0.29, 0.717) is 18.8 Å². The lowest BCUT2D eigenvalue weighted by atomic mass is 9.76. The molecule has 3 aliphatic rings. The molecule has 3 heterocycles.